The molecule has 122 valence electrons. The molecule has 1 N–H and O–H groups in total. The van der Waals surface area contributed by atoms with Crippen LogP contribution in [0.1, 0.15) is 34.1 Å². The second kappa shape index (κ2) is 5.72. The number of carbonyl (C=O) groups excluding carboxylic acids is 1. The number of carbonyl (C=O) groups is 1. The molecule has 3 aromatic rings. The first-order valence-corrected chi connectivity index (χ1v) is 8.81. The molecule has 0 saturated heterocycles. The Kier molecular flexibility index (Phi) is 3.66. The van der Waals surface area contributed by atoms with Crippen molar-refractivity contribution in [3.8, 4) is 0 Å². The summed E-state index contributed by atoms with van der Waals surface area (Å²) in [5, 5.41) is 3.44. The minimum Gasteiger partial charge on any atom is -0.322 e. The number of fused-ring (bicyclic) bond motifs is 1. The number of nitrogens with one attached hydrogen (secondary N) is 1. The molecule has 24 heavy (non-hydrogen) atoms. The van der Waals surface area contributed by atoms with Crippen molar-refractivity contribution in [2.45, 2.75) is 25.8 Å². The summed E-state index contributed by atoms with van der Waals surface area (Å²) in [4.78, 5) is 30.4. The molecule has 1 aliphatic carbocycles. The monoisotopic (exact) mass is 359 g/mol. The van der Waals surface area contributed by atoms with Gasteiger partial charge in [-0.15, -0.1) is 11.3 Å². The van der Waals surface area contributed by atoms with Crippen LogP contribution in [0.25, 0.3) is 10.2 Å². The first-order chi connectivity index (χ1) is 11.5. The van der Waals surface area contributed by atoms with E-state index in [-0.39, 0.29) is 17.5 Å². The summed E-state index contributed by atoms with van der Waals surface area (Å²) in [7, 11) is 0. The van der Waals surface area contributed by atoms with Crippen LogP contribution >= 0.6 is 22.9 Å². The predicted molar refractivity (Wildman–Crippen MR) is 96.3 cm³/mol. The fraction of sp³-hybridized carbons (Fsp3) is 0.235. The Morgan fingerprint density at radius 3 is 2.71 bits per heavy atom. The third-order valence-electron chi connectivity index (χ3n) is 4.07. The molecule has 2 heterocycles. The molecule has 1 aliphatic rings. The van der Waals surface area contributed by atoms with Crippen LogP contribution < -0.4 is 10.9 Å². The van der Waals surface area contributed by atoms with Crippen molar-refractivity contribution in [2.75, 3.05) is 5.32 Å². The highest BCUT2D eigenvalue weighted by molar-refractivity contribution is 7.19. The SMILES string of the molecule is Cc1sc2c(=O)n(C3CC3)cnc2c1C(=O)Nc1ccc(Cl)cc1. The van der Waals surface area contributed by atoms with Gasteiger partial charge < -0.3 is 5.32 Å². The number of anilines is 1. The van der Waals surface area contributed by atoms with Crippen LogP contribution in [0, 0.1) is 6.92 Å². The van der Waals surface area contributed by atoms with Gasteiger partial charge >= 0.3 is 0 Å². The van der Waals surface area contributed by atoms with Crippen LogP contribution in [0.15, 0.2) is 35.4 Å². The summed E-state index contributed by atoms with van der Waals surface area (Å²) in [5.74, 6) is -0.267. The lowest BCUT2D eigenvalue weighted by atomic mass is 10.2. The smallest absolute Gasteiger partial charge is 0.271 e. The summed E-state index contributed by atoms with van der Waals surface area (Å²) in [6.45, 7) is 1.84. The molecular weight excluding hydrogens is 346 g/mol. The van der Waals surface area contributed by atoms with Gasteiger partial charge in [0.1, 0.15) is 10.2 Å². The van der Waals surface area contributed by atoms with Gasteiger partial charge in [0.05, 0.1) is 11.9 Å². The molecular formula is C17H14ClN3O2S. The van der Waals surface area contributed by atoms with Crippen molar-refractivity contribution in [3.63, 3.8) is 0 Å². The van der Waals surface area contributed by atoms with Crippen LogP contribution in [-0.4, -0.2) is 15.5 Å². The molecule has 7 heteroatoms. The number of aryl methyl sites for hydroxylation is 1. The number of rotatable bonds is 3. The fourth-order valence-electron chi connectivity index (χ4n) is 2.70. The number of amides is 1. The largest absolute Gasteiger partial charge is 0.322 e. The molecule has 4 rings (SSSR count). The Labute approximate surface area is 146 Å². The van der Waals surface area contributed by atoms with Crippen LogP contribution in [0.5, 0.6) is 0 Å². The van der Waals surface area contributed by atoms with Crippen LogP contribution in [0.2, 0.25) is 5.02 Å². The van der Waals surface area contributed by atoms with E-state index in [1.165, 1.54) is 11.3 Å². The Morgan fingerprint density at radius 2 is 2.04 bits per heavy atom. The molecule has 0 bridgehead atoms. The van der Waals surface area contributed by atoms with E-state index < -0.39 is 0 Å². The van der Waals surface area contributed by atoms with Crippen LogP contribution in [-0.2, 0) is 0 Å². The molecule has 1 saturated carbocycles. The average molecular weight is 360 g/mol. The highest BCUT2D eigenvalue weighted by atomic mass is 35.5. The molecule has 1 aromatic carbocycles. The van der Waals surface area contributed by atoms with Crippen molar-refractivity contribution in [2.24, 2.45) is 0 Å². The van der Waals surface area contributed by atoms with E-state index in [9.17, 15) is 9.59 Å². The summed E-state index contributed by atoms with van der Waals surface area (Å²) < 4.78 is 2.22. The number of thiophene rings is 1. The van der Waals surface area contributed by atoms with Crippen molar-refractivity contribution < 1.29 is 4.79 Å². The number of halogens is 1. The zero-order chi connectivity index (χ0) is 16.8. The molecule has 0 spiro atoms. The number of aromatic nitrogens is 2. The zero-order valence-corrected chi connectivity index (χ0v) is 14.4. The Hall–Kier alpha value is -2.18. The Balaban J connectivity index is 1.74. The maximum Gasteiger partial charge on any atom is 0.271 e. The van der Waals surface area contributed by atoms with Gasteiger partial charge in [-0.3, -0.25) is 14.2 Å². The second-order valence-electron chi connectivity index (χ2n) is 5.86. The lowest BCUT2D eigenvalue weighted by Gasteiger charge is -2.06. The summed E-state index contributed by atoms with van der Waals surface area (Å²) in [6, 6.07) is 7.16. The van der Waals surface area contributed by atoms with E-state index in [0.717, 1.165) is 17.7 Å². The van der Waals surface area contributed by atoms with Gasteiger partial charge in [0, 0.05) is 21.6 Å². The van der Waals surface area contributed by atoms with E-state index in [1.807, 2.05) is 6.92 Å². The molecule has 0 radical (unpaired) electrons. The maximum atomic E-state index is 12.7. The number of benzene rings is 1. The average Bonchev–Trinajstić information content (AvgIpc) is 3.32. The van der Waals surface area contributed by atoms with Crippen LogP contribution in [0.3, 0.4) is 0 Å². The van der Waals surface area contributed by atoms with Crippen molar-refractivity contribution >= 4 is 44.7 Å². The van der Waals surface area contributed by atoms with Crippen molar-refractivity contribution in [1.29, 1.82) is 0 Å². The van der Waals surface area contributed by atoms with E-state index in [1.54, 1.807) is 35.2 Å². The Morgan fingerprint density at radius 1 is 1.33 bits per heavy atom. The first kappa shape index (κ1) is 15.4. The van der Waals surface area contributed by atoms with Gasteiger partial charge in [0.15, 0.2) is 0 Å². The van der Waals surface area contributed by atoms with E-state index in [4.69, 9.17) is 11.6 Å². The fourth-order valence-corrected chi connectivity index (χ4v) is 3.87. The molecule has 0 unspecified atom stereocenters. The number of hydrogen-bond donors (Lipinski definition) is 1. The minimum absolute atomic E-state index is 0.0545. The lowest BCUT2D eigenvalue weighted by molar-refractivity contribution is 0.102. The molecule has 0 atom stereocenters. The maximum absolute atomic E-state index is 12.7. The zero-order valence-electron chi connectivity index (χ0n) is 12.9. The molecule has 1 amide bonds. The normalized spacial score (nSPS) is 14.1. The highest BCUT2D eigenvalue weighted by Crippen LogP contribution is 2.34. The van der Waals surface area contributed by atoms with Gasteiger partial charge in [-0.25, -0.2) is 4.98 Å². The minimum atomic E-state index is -0.267. The third-order valence-corrected chi connectivity index (χ3v) is 5.40. The standard InChI is InChI=1S/C17H14ClN3O2S/c1-9-13(16(22)20-11-4-2-10(18)3-5-11)14-15(24-9)17(23)21(8-19-14)12-6-7-12/h2-5,8,12H,6-7H2,1H3,(H,20,22). The van der Waals surface area contributed by atoms with Crippen molar-refractivity contribution in [3.05, 3.63) is 56.4 Å². The second-order valence-corrected chi connectivity index (χ2v) is 7.52. The van der Waals surface area contributed by atoms with Gasteiger partial charge in [0.2, 0.25) is 0 Å². The first-order valence-electron chi connectivity index (χ1n) is 7.62. The van der Waals surface area contributed by atoms with E-state index in [0.29, 0.717) is 26.5 Å². The summed E-state index contributed by atoms with van der Waals surface area (Å²) in [5.41, 5.74) is 1.53. The molecule has 2 aromatic heterocycles. The van der Waals surface area contributed by atoms with Crippen molar-refractivity contribution in [1.82, 2.24) is 9.55 Å². The predicted octanol–water partition coefficient (Wildman–Crippen LogP) is 4.01. The Bertz CT molecular complexity index is 1000. The summed E-state index contributed by atoms with van der Waals surface area (Å²) >= 11 is 7.18. The van der Waals surface area contributed by atoms with Gasteiger partial charge in [-0.05, 0) is 44.0 Å². The van der Waals surface area contributed by atoms with Gasteiger partial charge in [-0.1, -0.05) is 11.6 Å². The van der Waals surface area contributed by atoms with E-state index >= 15 is 0 Å². The molecule has 5 nitrogen and oxygen atoms in total. The van der Waals surface area contributed by atoms with E-state index in [2.05, 4.69) is 10.3 Å². The highest BCUT2D eigenvalue weighted by Gasteiger charge is 2.27. The quantitative estimate of drug-likeness (QED) is 0.768. The van der Waals surface area contributed by atoms with Gasteiger partial charge in [-0.2, -0.15) is 0 Å². The third kappa shape index (κ3) is 2.61. The number of hydrogen-bond acceptors (Lipinski definition) is 4. The topological polar surface area (TPSA) is 64.0 Å². The molecule has 0 aliphatic heterocycles. The number of nitrogens with zero attached hydrogens (tertiary/aromatic N) is 2. The lowest BCUT2D eigenvalue weighted by Crippen LogP contribution is -2.19. The molecule has 1 fully saturated rings. The summed E-state index contributed by atoms with van der Waals surface area (Å²) in [6.07, 6.45) is 3.59. The van der Waals surface area contributed by atoms with Gasteiger partial charge in [0.25, 0.3) is 11.5 Å². The van der Waals surface area contributed by atoms with Crippen LogP contribution in [0.4, 0.5) is 5.69 Å².